The summed E-state index contributed by atoms with van der Waals surface area (Å²) < 4.78 is 5.91. The molecule has 0 aliphatic carbocycles. The summed E-state index contributed by atoms with van der Waals surface area (Å²) in [6.07, 6.45) is 5.53. The Morgan fingerprint density at radius 2 is 2.05 bits per heavy atom. The summed E-state index contributed by atoms with van der Waals surface area (Å²) in [5.41, 5.74) is 0. The first kappa shape index (κ1) is 15.7. The Morgan fingerprint density at radius 1 is 1.30 bits per heavy atom. The molecule has 1 N–H and O–H groups in total. The van der Waals surface area contributed by atoms with Crippen LogP contribution in [0, 0.1) is 0 Å². The monoisotopic (exact) mass is 283 g/mol. The largest absolute Gasteiger partial charge is 0.378 e. The zero-order valence-corrected chi connectivity index (χ0v) is 12.9. The molecule has 0 bridgehead atoms. The Bertz CT molecular complexity index is 295. The molecule has 2 rings (SSSR count). The molecule has 116 valence electrons. The number of amides is 1. The van der Waals surface area contributed by atoms with Gasteiger partial charge >= 0.3 is 0 Å². The Kier molecular flexibility index (Phi) is 6.26. The molecule has 5 nitrogen and oxygen atoms in total. The van der Waals surface area contributed by atoms with Crippen LogP contribution in [0.2, 0.25) is 0 Å². The average molecular weight is 283 g/mol. The van der Waals surface area contributed by atoms with Crippen molar-refractivity contribution < 1.29 is 9.53 Å². The van der Waals surface area contributed by atoms with E-state index in [1.54, 1.807) is 0 Å². The maximum Gasteiger partial charge on any atom is 0.239 e. The molecule has 2 aliphatic heterocycles. The van der Waals surface area contributed by atoms with Crippen LogP contribution in [0.4, 0.5) is 0 Å². The number of piperidine rings is 1. The standard InChI is InChI=1S/C15H29N3O2/c1-17(2)9-4-12-20-13-6-10-18(11-7-13)15(19)14-5-3-8-16-14/h13-14,16H,3-12H2,1-2H3/t14-/m0/s1. The van der Waals surface area contributed by atoms with E-state index in [1.165, 1.54) is 0 Å². The van der Waals surface area contributed by atoms with Crippen molar-refractivity contribution in [2.24, 2.45) is 0 Å². The SMILES string of the molecule is CN(C)CCCOC1CCN(C(=O)[C@@H]2CCCN2)CC1. The van der Waals surface area contributed by atoms with Gasteiger partial charge in [0, 0.05) is 19.7 Å². The lowest BCUT2D eigenvalue weighted by molar-refractivity contribution is -0.135. The molecule has 0 aromatic heterocycles. The zero-order chi connectivity index (χ0) is 14.4. The summed E-state index contributed by atoms with van der Waals surface area (Å²) in [7, 11) is 4.17. The molecule has 1 amide bonds. The van der Waals surface area contributed by atoms with Gasteiger partial charge in [0.05, 0.1) is 12.1 Å². The highest BCUT2D eigenvalue weighted by atomic mass is 16.5. The van der Waals surface area contributed by atoms with E-state index in [1.807, 2.05) is 4.90 Å². The van der Waals surface area contributed by atoms with Gasteiger partial charge in [-0.1, -0.05) is 0 Å². The third-order valence-electron chi connectivity index (χ3n) is 4.22. The lowest BCUT2D eigenvalue weighted by Gasteiger charge is -2.33. The highest BCUT2D eigenvalue weighted by Crippen LogP contribution is 2.17. The van der Waals surface area contributed by atoms with E-state index >= 15 is 0 Å². The second-order valence-corrected chi connectivity index (χ2v) is 6.20. The number of rotatable bonds is 6. The third-order valence-corrected chi connectivity index (χ3v) is 4.22. The van der Waals surface area contributed by atoms with Crippen molar-refractivity contribution in [1.29, 1.82) is 0 Å². The number of carbonyl (C=O) groups is 1. The number of carbonyl (C=O) groups excluding carboxylic acids is 1. The highest BCUT2D eigenvalue weighted by Gasteiger charge is 2.29. The van der Waals surface area contributed by atoms with Crippen molar-refractivity contribution >= 4 is 5.91 Å². The van der Waals surface area contributed by atoms with Crippen LogP contribution in [0.5, 0.6) is 0 Å². The summed E-state index contributed by atoms with van der Waals surface area (Å²) in [6.45, 7) is 4.61. The van der Waals surface area contributed by atoms with Crippen molar-refractivity contribution in [2.75, 3.05) is 46.9 Å². The minimum absolute atomic E-state index is 0.0764. The molecule has 0 spiro atoms. The van der Waals surface area contributed by atoms with Crippen molar-refractivity contribution in [3.63, 3.8) is 0 Å². The van der Waals surface area contributed by atoms with Crippen LogP contribution in [0.3, 0.4) is 0 Å². The molecule has 0 radical (unpaired) electrons. The molecular formula is C15H29N3O2. The molecule has 0 unspecified atom stereocenters. The predicted molar refractivity (Wildman–Crippen MR) is 79.7 cm³/mol. The average Bonchev–Trinajstić information content (AvgIpc) is 2.97. The van der Waals surface area contributed by atoms with Crippen LogP contribution in [-0.4, -0.2) is 74.7 Å². The lowest BCUT2D eigenvalue weighted by atomic mass is 10.1. The van der Waals surface area contributed by atoms with Crippen LogP contribution in [-0.2, 0) is 9.53 Å². The van der Waals surface area contributed by atoms with Gasteiger partial charge in [0.15, 0.2) is 0 Å². The Balaban J connectivity index is 1.61. The van der Waals surface area contributed by atoms with Crippen molar-refractivity contribution in [3.8, 4) is 0 Å². The number of ether oxygens (including phenoxy) is 1. The van der Waals surface area contributed by atoms with Gasteiger partial charge in [0.25, 0.3) is 0 Å². The van der Waals surface area contributed by atoms with Crippen LogP contribution in [0.25, 0.3) is 0 Å². The van der Waals surface area contributed by atoms with Gasteiger partial charge < -0.3 is 19.9 Å². The van der Waals surface area contributed by atoms with Crippen LogP contribution in [0.15, 0.2) is 0 Å². The quantitative estimate of drug-likeness (QED) is 0.729. The van der Waals surface area contributed by atoms with E-state index in [0.717, 1.165) is 64.9 Å². The summed E-state index contributed by atoms with van der Waals surface area (Å²) in [6, 6.07) is 0.0764. The summed E-state index contributed by atoms with van der Waals surface area (Å²) in [5.74, 6) is 0.300. The molecule has 5 heteroatoms. The van der Waals surface area contributed by atoms with Crippen molar-refractivity contribution in [2.45, 2.75) is 44.2 Å². The van der Waals surface area contributed by atoms with Gasteiger partial charge in [0.2, 0.25) is 5.91 Å². The number of nitrogens with one attached hydrogen (secondary N) is 1. The minimum atomic E-state index is 0.0764. The van der Waals surface area contributed by atoms with Gasteiger partial charge in [-0.15, -0.1) is 0 Å². The predicted octanol–water partition coefficient (Wildman–Crippen LogP) is 0.698. The first-order valence-corrected chi connectivity index (χ1v) is 7.95. The highest BCUT2D eigenvalue weighted by molar-refractivity contribution is 5.82. The topological polar surface area (TPSA) is 44.8 Å². The number of hydrogen-bond donors (Lipinski definition) is 1. The van der Waals surface area contributed by atoms with Gasteiger partial charge in [-0.05, 0) is 59.3 Å². The second-order valence-electron chi connectivity index (χ2n) is 6.20. The Morgan fingerprint density at radius 3 is 2.65 bits per heavy atom. The molecule has 20 heavy (non-hydrogen) atoms. The van der Waals surface area contributed by atoms with E-state index in [4.69, 9.17) is 4.74 Å². The Labute approximate surface area is 122 Å². The smallest absolute Gasteiger partial charge is 0.239 e. The second kappa shape index (κ2) is 7.96. The van der Waals surface area contributed by atoms with E-state index in [0.29, 0.717) is 12.0 Å². The van der Waals surface area contributed by atoms with Crippen molar-refractivity contribution in [3.05, 3.63) is 0 Å². The van der Waals surface area contributed by atoms with E-state index in [9.17, 15) is 4.79 Å². The maximum atomic E-state index is 12.3. The van der Waals surface area contributed by atoms with Gasteiger partial charge in [0.1, 0.15) is 0 Å². The first-order valence-electron chi connectivity index (χ1n) is 7.95. The minimum Gasteiger partial charge on any atom is -0.378 e. The molecule has 0 aromatic carbocycles. The molecule has 2 aliphatic rings. The fraction of sp³-hybridized carbons (Fsp3) is 0.933. The molecule has 0 aromatic rings. The fourth-order valence-electron chi connectivity index (χ4n) is 2.99. The van der Waals surface area contributed by atoms with Crippen LogP contribution >= 0.6 is 0 Å². The van der Waals surface area contributed by atoms with Crippen molar-refractivity contribution in [1.82, 2.24) is 15.1 Å². The molecule has 0 saturated carbocycles. The van der Waals surface area contributed by atoms with Gasteiger partial charge in [-0.2, -0.15) is 0 Å². The van der Waals surface area contributed by atoms with Gasteiger partial charge in [-0.25, -0.2) is 0 Å². The Hall–Kier alpha value is -0.650. The van der Waals surface area contributed by atoms with E-state index in [2.05, 4.69) is 24.3 Å². The van der Waals surface area contributed by atoms with Gasteiger partial charge in [-0.3, -0.25) is 4.79 Å². The zero-order valence-electron chi connectivity index (χ0n) is 12.9. The number of nitrogens with zero attached hydrogens (tertiary/aromatic N) is 2. The lowest BCUT2D eigenvalue weighted by Crippen LogP contribution is -2.48. The first-order chi connectivity index (χ1) is 9.66. The number of hydrogen-bond acceptors (Lipinski definition) is 4. The van der Waals surface area contributed by atoms with Crippen LogP contribution < -0.4 is 5.32 Å². The molecular weight excluding hydrogens is 254 g/mol. The maximum absolute atomic E-state index is 12.3. The van der Waals surface area contributed by atoms with Crippen LogP contribution in [0.1, 0.15) is 32.1 Å². The molecule has 2 saturated heterocycles. The van der Waals surface area contributed by atoms with E-state index in [-0.39, 0.29) is 6.04 Å². The normalized spacial score (nSPS) is 24.6. The summed E-state index contributed by atoms with van der Waals surface area (Å²) in [4.78, 5) is 16.5. The molecule has 2 heterocycles. The number of likely N-dealkylation sites (tertiary alicyclic amines) is 1. The summed E-state index contributed by atoms with van der Waals surface area (Å²) in [5, 5.41) is 3.29. The fourth-order valence-corrected chi connectivity index (χ4v) is 2.99. The molecule has 2 fully saturated rings. The van der Waals surface area contributed by atoms with E-state index < -0.39 is 0 Å². The summed E-state index contributed by atoms with van der Waals surface area (Å²) >= 11 is 0. The molecule has 1 atom stereocenters. The third kappa shape index (κ3) is 4.72.